The van der Waals surface area contributed by atoms with Crippen molar-refractivity contribution in [2.24, 2.45) is 5.92 Å². The Morgan fingerprint density at radius 3 is 2.75 bits per heavy atom. The summed E-state index contributed by atoms with van der Waals surface area (Å²) in [4.78, 5) is 10.6. The number of benzene rings is 1. The molecule has 86 valence electrons. The van der Waals surface area contributed by atoms with Crippen LogP contribution in [0, 0.1) is 5.92 Å². The molecule has 0 bridgehead atoms. The van der Waals surface area contributed by atoms with Crippen molar-refractivity contribution in [3.8, 4) is 0 Å². The summed E-state index contributed by atoms with van der Waals surface area (Å²) in [6, 6.07) is 8.49. The van der Waals surface area contributed by atoms with E-state index in [1.54, 1.807) is 0 Å². The topological polar surface area (TPSA) is 17.1 Å². The van der Waals surface area contributed by atoms with Crippen LogP contribution in [0.5, 0.6) is 0 Å². The van der Waals surface area contributed by atoms with Crippen molar-refractivity contribution in [2.75, 3.05) is 0 Å². The third-order valence-corrected chi connectivity index (χ3v) is 2.62. The molecule has 0 aliphatic heterocycles. The molecule has 1 aromatic rings. The first-order chi connectivity index (χ1) is 7.61. The second-order valence-electron chi connectivity index (χ2n) is 4.59. The summed E-state index contributed by atoms with van der Waals surface area (Å²) < 4.78 is 0. The van der Waals surface area contributed by atoms with Gasteiger partial charge in [0.25, 0.3) is 0 Å². The van der Waals surface area contributed by atoms with Gasteiger partial charge in [-0.25, -0.2) is 0 Å². The summed E-state index contributed by atoms with van der Waals surface area (Å²) in [6.45, 7) is 7.91. The second-order valence-corrected chi connectivity index (χ2v) is 4.59. The van der Waals surface area contributed by atoms with Gasteiger partial charge >= 0.3 is 0 Å². The van der Waals surface area contributed by atoms with Crippen LogP contribution in [0.1, 0.15) is 31.4 Å². The summed E-state index contributed by atoms with van der Waals surface area (Å²) in [5.41, 5.74) is 3.80. The molecular weight excluding hydrogens is 196 g/mol. The van der Waals surface area contributed by atoms with E-state index < -0.39 is 0 Å². The van der Waals surface area contributed by atoms with Crippen LogP contribution in [0.4, 0.5) is 0 Å². The van der Waals surface area contributed by atoms with Crippen LogP contribution in [-0.2, 0) is 17.6 Å². The fourth-order valence-corrected chi connectivity index (χ4v) is 1.69. The predicted octanol–water partition coefficient (Wildman–Crippen LogP) is 3.57. The SMILES string of the molecule is C=C(C)CCc1cccc(CC(C)C=O)c1. The molecule has 1 unspecified atom stereocenters. The first-order valence-electron chi connectivity index (χ1n) is 5.79. The van der Waals surface area contributed by atoms with Crippen LogP contribution in [0.25, 0.3) is 0 Å². The van der Waals surface area contributed by atoms with Crippen molar-refractivity contribution in [3.63, 3.8) is 0 Å². The van der Waals surface area contributed by atoms with Gasteiger partial charge in [0, 0.05) is 5.92 Å². The normalized spacial score (nSPS) is 12.1. The van der Waals surface area contributed by atoms with Crippen molar-refractivity contribution < 1.29 is 4.79 Å². The van der Waals surface area contributed by atoms with Gasteiger partial charge in [0.05, 0.1) is 0 Å². The molecule has 1 rings (SSSR count). The fourth-order valence-electron chi connectivity index (χ4n) is 1.69. The maximum Gasteiger partial charge on any atom is 0.123 e. The van der Waals surface area contributed by atoms with Crippen molar-refractivity contribution in [3.05, 3.63) is 47.5 Å². The first-order valence-corrected chi connectivity index (χ1v) is 5.79. The number of carbonyl (C=O) groups excluding carboxylic acids is 1. The lowest BCUT2D eigenvalue weighted by Gasteiger charge is -2.07. The Labute approximate surface area is 98.2 Å². The quantitative estimate of drug-likeness (QED) is 0.525. The van der Waals surface area contributed by atoms with Crippen molar-refractivity contribution in [1.82, 2.24) is 0 Å². The molecule has 0 N–H and O–H groups in total. The highest BCUT2D eigenvalue weighted by molar-refractivity contribution is 5.53. The molecule has 0 fully saturated rings. The number of rotatable bonds is 6. The highest BCUT2D eigenvalue weighted by atomic mass is 16.1. The van der Waals surface area contributed by atoms with Crippen LogP contribution in [-0.4, -0.2) is 6.29 Å². The van der Waals surface area contributed by atoms with Crippen LogP contribution >= 0.6 is 0 Å². The van der Waals surface area contributed by atoms with Gasteiger partial charge in [-0.15, -0.1) is 6.58 Å². The summed E-state index contributed by atoms with van der Waals surface area (Å²) in [7, 11) is 0. The average Bonchev–Trinajstić information content (AvgIpc) is 2.26. The van der Waals surface area contributed by atoms with Gasteiger partial charge < -0.3 is 4.79 Å². The molecule has 0 aliphatic rings. The van der Waals surface area contributed by atoms with E-state index in [1.807, 2.05) is 6.92 Å². The maximum atomic E-state index is 10.6. The maximum absolute atomic E-state index is 10.6. The van der Waals surface area contributed by atoms with Crippen molar-refractivity contribution >= 4 is 6.29 Å². The minimum absolute atomic E-state index is 0.108. The number of aldehydes is 1. The molecule has 1 atom stereocenters. The predicted molar refractivity (Wildman–Crippen MR) is 68.5 cm³/mol. The van der Waals surface area contributed by atoms with Crippen LogP contribution in [0.3, 0.4) is 0 Å². The zero-order valence-corrected chi connectivity index (χ0v) is 10.2. The fraction of sp³-hybridized carbons (Fsp3) is 0.400. The van der Waals surface area contributed by atoms with Crippen LogP contribution < -0.4 is 0 Å². The molecular formula is C15H20O. The molecule has 0 saturated heterocycles. The Hall–Kier alpha value is -1.37. The standard InChI is InChI=1S/C15H20O/c1-12(2)7-8-14-5-4-6-15(10-14)9-13(3)11-16/h4-6,10-11,13H,1,7-9H2,2-3H3. The smallest absolute Gasteiger partial charge is 0.123 e. The molecule has 0 aromatic heterocycles. The van der Waals surface area contributed by atoms with Gasteiger partial charge in [0.1, 0.15) is 6.29 Å². The summed E-state index contributed by atoms with van der Waals surface area (Å²) >= 11 is 0. The highest BCUT2D eigenvalue weighted by Crippen LogP contribution is 2.13. The minimum atomic E-state index is 0.108. The van der Waals surface area contributed by atoms with Gasteiger partial charge in [-0.3, -0.25) is 0 Å². The minimum Gasteiger partial charge on any atom is -0.303 e. The molecule has 1 heteroatoms. The number of aryl methyl sites for hydroxylation is 1. The van der Waals surface area contributed by atoms with E-state index in [2.05, 4.69) is 37.8 Å². The zero-order chi connectivity index (χ0) is 12.0. The summed E-state index contributed by atoms with van der Waals surface area (Å²) in [6.07, 6.45) is 3.93. The molecule has 0 saturated carbocycles. The number of hydrogen-bond acceptors (Lipinski definition) is 1. The molecule has 0 amide bonds. The average molecular weight is 216 g/mol. The van der Waals surface area contributed by atoms with E-state index in [0.29, 0.717) is 0 Å². The monoisotopic (exact) mass is 216 g/mol. The highest BCUT2D eigenvalue weighted by Gasteiger charge is 2.02. The molecule has 16 heavy (non-hydrogen) atoms. The molecule has 0 spiro atoms. The van der Waals surface area contributed by atoms with Crippen molar-refractivity contribution in [1.29, 1.82) is 0 Å². The van der Waals surface area contributed by atoms with E-state index in [9.17, 15) is 4.79 Å². The third-order valence-electron chi connectivity index (χ3n) is 2.62. The van der Waals surface area contributed by atoms with Gasteiger partial charge in [-0.2, -0.15) is 0 Å². The molecule has 0 heterocycles. The van der Waals surface area contributed by atoms with Gasteiger partial charge in [-0.05, 0) is 37.3 Å². The first kappa shape index (κ1) is 12.7. The molecule has 0 aliphatic carbocycles. The Morgan fingerprint density at radius 1 is 1.44 bits per heavy atom. The van der Waals surface area contributed by atoms with E-state index in [1.165, 1.54) is 16.7 Å². The Kier molecular flexibility index (Phi) is 4.97. The summed E-state index contributed by atoms with van der Waals surface area (Å²) in [5, 5.41) is 0. The lowest BCUT2D eigenvalue weighted by molar-refractivity contribution is -0.110. The second kappa shape index (κ2) is 6.26. The van der Waals surface area contributed by atoms with Gasteiger partial charge in [0.2, 0.25) is 0 Å². The van der Waals surface area contributed by atoms with Crippen molar-refractivity contribution in [2.45, 2.75) is 33.1 Å². The lowest BCUT2D eigenvalue weighted by Crippen LogP contribution is -2.01. The largest absolute Gasteiger partial charge is 0.303 e. The van der Waals surface area contributed by atoms with Crippen LogP contribution in [0.2, 0.25) is 0 Å². The molecule has 0 radical (unpaired) electrons. The van der Waals surface area contributed by atoms with Gasteiger partial charge in [-0.1, -0.05) is 36.8 Å². The number of allylic oxidation sites excluding steroid dienone is 1. The Bertz CT molecular complexity index is 365. The Balaban J connectivity index is 2.63. The molecule has 1 aromatic carbocycles. The van der Waals surface area contributed by atoms with Crippen LogP contribution in [0.15, 0.2) is 36.4 Å². The molecule has 1 nitrogen and oxygen atoms in total. The van der Waals surface area contributed by atoms with E-state index in [0.717, 1.165) is 25.5 Å². The Morgan fingerprint density at radius 2 is 2.12 bits per heavy atom. The third kappa shape index (κ3) is 4.43. The zero-order valence-electron chi connectivity index (χ0n) is 10.2. The summed E-state index contributed by atoms with van der Waals surface area (Å²) in [5.74, 6) is 0.108. The van der Waals surface area contributed by atoms with E-state index in [-0.39, 0.29) is 5.92 Å². The number of hydrogen-bond donors (Lipinski definition) is 0. The van der Waals surface area contributed by atoms with E-state index in [4.69, 9.17) is 0 Å². The lowest BCUT2D eigenvalue weighted by atomic mass is 9.98. The number of carbonyl (C=O) groups is 1. The van der Waals surface area contributed by atoms with Gasteiger partial charge in [0.15, 0.2) is 0 Å². The van der Waals surface area contributed by atoms with E-state index >= 15 is 0 Å².